The topological polar surface area (TPSA) is 67.0 Å². The Kier molecular flexibility index (Phi) is 4.43. The van der Waals surface area contributed by atoms with Crippen molar-refractivity contribution in [2.75, 3.05) is 12.4 Å². The molecule has 6 heteroatoms. The van der Waals surface area contributed by atoms with Crippen LogP contribution in [0.3, 0.4) is 0 Å². The number of aromatic nitrogens is 2. The van der Waals surface area contributed by atoms with E-state index in [0.29, 0.717) is 17.4 Å². The van der Waals surface area contributed by atoms with Gasteiger partial charge in [0.1, 0.15) is 5.75 Å². The van der Waals surface area contributed by atoms with Crippen LogP contribution in [0.4, 0.5) is 11.6 Å². The number of aromatic amines is 1. The molecule has 0 radical (unpaired) electrons. The van der Waals surface area contributed by atoms with E-state index in [0.717, 1.165) is 15.7 Å². The van der Waals surface area contributed by atoms with E-state index in [4.69, 9.17) is 4.74 Å². The van der Waals surface area contributed by atoms with Gasteiger partial charge < -0.3 is 10.1 Å². The Balaban J connectivity index is 1.99. The van der Waals surface area contributed by atoms with E-state index in [1.807, 2.05) is 48.5 Å². The predicted octanol–water partition coefficient (Wildman–Crippen LogP) is 3.95. The summed E-state index contributed by atoms with van der Waals surface area (Å²) in [7, 11) is 1.60. The molecule has 1 heterocycles. The Morgan fingerprint density at radius 2 is 1.96 bits per heavy atom. The Morgan fingerprint density at radius 3 is 2.74 bits per heavy atom. The molecule has 0 amide bonds. The van der Waals surface area contributed by atoms with E-state index in [9.17, 15) is 4.79 Å². The van der Waals surface area contributed by atoms with Crippen LogP contribution in [0.25, 0.3) is 11.3 Å². The molecule has 5 nitrogen and oxygen atoms in total. The monoisotopic (exact) mass is 371 g/mol. The summed E-state index contributed by atoms with van der Waals surface area (Å²) in [6.45, 7) is 0. The summed E-state index contributed by atoms with van der Waals surface area (Å²) in [6, 6.07) is 16.5. The third kappa shape index (κ3) is 3.60. The number of anilines is 2. The zero-order chi connectivity index (χ0) is 16.2. The fraction of sp³-hybridized carbons (Fsp3) is 0.0588. The first-order chi connectivity index (χ1) is 11.2. The van der Waals surface area contributed by atoms with Gasteiger partial charge >= 0.3 is 0 Å². The first kappa shape index (κ1) is 15.3. The highest BCUT2D eigenvalue weighted by atomic mass is 79.9. The van der Waals surface area contributed by atoms with Crippen molar-refractivity contribution in [2.24, 2.45) is 0 Å². The summed E-state index contributed by atoms with van der Waals surface area (Å²) in [4.78, 5) is 19.1. The molecule has 2 N–H and O–H groups in total. The van der Waals surface area contributed by atoms with E-state index in [-0.39, 0.29) is 5.56 Å². The number of H-pyrrole nitrogens is 1. The number of methoxy groups -OCH3 is 1. The Hall–Kier alpha value is -2.60. The second-order valence-electron chi connectivity index (χ2n) is 4.82. The maximum atomic E-state index is 11.9. The van der Waals surface area contributed by atoms with Crippen LogP contribution in [0, 0.1) is 0 Å². The molecule has 0 aliphatic carbocycles. The second-order valence-corrected chi connectivity index (χ2v) is 5.67. The highest BCUT2D eigenvalue weighted by molar-refractivity contribution is 9.10. The van der Waals surface area contributed by atoms with E-state index in [1.165, 1.54) is 6.07 Å². The molecule has 0 aliphatic rings. The highest BCUT2D eigenvalue weighted by Gasteiger charge is 2.07. The highest BCUT2D eigenvalue weighted by Crippen LogP contribution is 2.25. The summed E-state index contributed by atoms with van der Waals surface area (Å²) < 4.78 is 6.10. The van der Waals surface area contributed by atoms with Gasteiger partial charge in [-0.2, -0.15) is 0 Å². The molecule has 0 unspecified atom stereocenters. The average Bonchev–Trinajstić information content (AvgIpc) is 2.56. The van der Waals surface area contributed by atoms with Crippen molar-refractivity contribution in [3.63, 3.8) is 0 Å². The molecular weight excluding hydrogens is 358 g/mol. The van der Waals surface area contributed by atoms with Gasteiger partial charge in [0.05, 0.1) is 18.5 Å². The van der Waals surface area contributed by atoms with Gasteiger partial charge in [-0.3, -0.25) is 9.78 Å². The number of nitrogens with one attached hydrogen (secondary N) is 2. The van der Waals surface area contributed by atoms with Crippen molar-refractivity contribution < 1.29 is 4.74 Å². The smallest absolute Gasteiger partial charge is 0.252 e. The van der Waals surface area contributed by atoms with Crippen LogP contribution in [-0.2, 0) is 0 Å². The lowest BCUT2D eigenvalue weighted by atomic mass is 10.1. The molecule has 1 aromatic heterocycles. The second kappa shape index (κ2) is 6.66. The first-order valence-electron chi connectivity index (χ1n) is 6.93. The molecule has 0 aliphatic heterocycles. The van der Waals surface area contributed by atoms with Crippen molar-refractivity contribution >= 4 is 27.6 Å². The number of hydrogen-bond donors (Lipinski definition) is 2. The number of rotatable bonds is 4. The molecule has 0 atom stereocenters. The number of halogens is 1. The average molecular weight is 372 g/mol. The summed E-state index contributed by atoms with van der Waals surface area (Å²) in [5.41, 5.74) is 1.97. The molecule has 0 bridgehead atoms. The molecular formula is C17H14BrN3O2. The van der Waals surface area contributed by atoms with Crippen molar-refractivity contribution in [3.05, 3.63) is 69.4 Å². The van der Waals surface area contributed by atoms with Crippen LogP contribution in [0.15, 0.2) is 63.9 Å². The quantitative estimate of drug-likeness (QED) is 0.728. The molecule has 116 valence electrons. The van der Waals surface area contributed by atoms with Crippen molar-refractivity contribution in [3.8, 4) is 17.0 Å². The molecule has 2 aromatic carbocycles. The minimum Gasteiger partial charge on any atom is -0.497 e. The SMILES string of the molecule is COc1cccc(-c2cc(=O)[nH]c(Nc3ccccc3Br)n2)c1. The minimum absolute atomic E-state index is 0.229. The van der Waals surface area contributed by atoms with Gasteiger partial charge in [0.15, 0.2) is 0 Å². The number of para-hydroxylation sites is 1. The fourth-order valence-corrected chi connectivity index (χ4v) is 2.52. The van der Waals surface area contributed by atoms with Crippen molar-refractivity contribution in [1.82, 2.24) is 9.97 Å². The zero-order valence-corrected chi connectivity index (χ0v) is 13.9. The fourth-order valence-electron chi connectivity index (χ4n) is 2.14. The van der Waals surface area contributed by atoms with Crippen LogP contribution >= 0.6 is 15.9 Å². The molecule has 23 heavy (non-hydrogen) atoms. The molecule has 0 saturated heterocycles. The predicted molar refractivity (Wildman–Crippen MR) is 94.3 cm³/mol. The van der Waals surface area contributed by atoms with Crippen molar-refractivity contribution in [2.45, 2.75) is 0 Å². The van der Waals surface area contributed by atoms with E-state index < -0.39 is 0 Å². The van der Waals surface area contributed by atoms with Crippen LogP contribution in [0.5, 0.6) is 5.75 Å². The molecule has 3 rings (SSSR count). The van der Waals surface area contributed by atoms with E-state index in [1.54, 1.807) is 7.11 Å². The van der Waals surface area contributed by atoms with Crippen molar-refractivity contribution in [1.29, 1.82) is 0 Å². The third-order valence-corrected chi connectivity index (χ3v) is 3.93. The third-order valence-electron chi connectivity index (χ3n) is 3.23. The minimum atomic E-state index is -0.229. The van der Waals surface area contributed by atoms with Gasteiger partial charge in [-0.1, -0.05) is 24.3 Å². The summed E-state index contributed by atoms with van der Waals surface area (Å²) in [5.74, 6) is 1.09. The zero-order valence-electron chi connectivity index (χ0n) is 12.3. The van der Waals surface area contributed by atoms with Crippen LogP contribution < -0.4 is 15.6 Å². The summed E-state index contributed by atoms with van der Waals surface area (Å²) in [5, 5.41) is 3.11. The number of ether oxygens (including phenoxy) is 1. The van der Waals surface area contributed by atoms with Gasteiger partial charge in [0, 0.05) is 16.1 Å². The standard InChI is InChI=1S/C17H14BrN3O2/c1-23-12-6-4-5-11(9-12)15-10-16(22)21-17(20-15)19-14-8-3-2-7-13(14)18/h2-10H,1H3,(H2,19,20,21,22). The van der Waals surface area contributed by atoms with Gasteiger partial charge in [-0.05, 0) is 40.2 Å². The lowest BCUT2D eigenvalue weighted by Gasteiger charge is -2.09. The van der Waals surface area contributed by atoms with E-state index >= 15 is 0 Å². The van der Waals surface area contributed by atoms with E-state index in [2.05, 4.69) is 31.2 Å². The number of hydrogen-bond acceptors (Lipinski definition) is 4. The molecule has 3 aromatic rings. The molecule has 0 saturated carbocycles. The lowest BCUT2D eigenvalue weighted by molar-refractivity contribution is 0.415. The van der Waals surface area contributed by atoms with Gasteiger partial charge in [-0.25, -0.2) is 4.98 Å². The summed E-state index contributed by atoms with van der Waals surface area (Å²) in [6.07, 6.45) is 0. The molecule has 0 spiro atoms. The van der Waals surface area contributed by atoms with Gasteiger partial charge in [0.25, 0.3) is 5.56 Å². The van der Waals surface area contributed by atoms with Crippen LogP contribution in [-0.4, -0.2) is 17.1 Å². The van der Waals surface area contributed by atoms with Crippen LogP contribution in [0.2, 0.25) is 0 Å². The normalized spacial score (nSPS) is 10.3. The Bertz CT molecular complexity index is 893. The maximum Gasteiger partial charge on any atom is 0.252 e. The maximum absolute atomic E-state index is 11.9. The van der Waals surface area contributed by atoms with Gasteiger partial charge in [-0.15, -0.1) is 0 Å². The van der Waals surface area contributed by atoms with Crippen LogP contribution in [0.1, 0.15) is 0 Å². The number of benzene rings is 2. The largest absolute Gasteiger partial charge is 0.497 e. The number of nitrogens with zero attached hydrogens (tertiary/aromatic N) is 1. The Labute approximate surface area is 141 Å². The molecule has 0 fully saturated rings. The summed E-state index contributed by atoms with van der Waals surface area (Å²) >= 11 is 3.46. The van der Waals surface area contributed by atoms with Gasteiger partial charge in [0.2, 0.25) is 5.95 Å². The lowest BCUT2D eigenvalue weighted by Crippen LogP contribution is -2.10. The first-order valence-corrected chi connectivity index (χ1v) is 7.72. The Morgan fingerprint density at radius 1 is 1.13 bits per heavy atom.